The van der Waals surface area contributed by atoms with Gasteiger partial charge in [0.1, 0.15) is 5.75 Å². The monoisotopic (exact) mass is 458 g/mol. The Bertz CT molecular complexity index is 672. The number of hydrogen-bond acceptors (Lipinski definition) is 3. The van der Waals surface area contributed by atoms with E-state index in [1.165, 1.54) is 0 Å². The number of carbonyl (C=O) groups excluding carboxylic acids is 1. The molecule has 0 aromatic heterocycles. The van der Waals surface area contributed by atoms with Gasteiger partial charge < -0.3 is 4.74 Å². The highest BCUT2D eigenvalue weighted by atomic mass is 127. The minimum absolute atomic E-state index is 0.260. The predicted octanol–water partition coefficient (Wildman–Crippen LogP) is 3.83. The molecule has 1 amide bonds. The second kappa shape index (κ2) is 7.56. The highest BCUT2D eigenvalue weighted by Crippen LogP contribution is 2.21. The van der Waals surface area contributed by atoms with Gasteiger partial charge in [-0.05, 0) is 58.5 Å². The van der Waals surface area contributed by atoms with E-state index in [0.717, 1.165) is 19.4 Å². The first-order chi connectivity index (χ1) is 10.1. The van der Waals surface area contributed by atoms with Gasteiger partial charge in [0.15, 0.2) is 0 Å². The average Bonchev–Trinajstić information content (AvgIpc) is 2.49. The largest absolute Gasteiger partial charge is 0.496 e. The molecule has 0 unspecified atom stereocenters. The number of halogens is 2. The van der Waals surface area contributed by atoms with Gasteiger partial charge in [-0.25, -0.2) is 5.43 Å². The molecule has 0 saturated heterocycles. The van der Waals surface area contributed by atoms with E-state index in [4.69, 9.17) is 4.74 Å². The Balaban J connectivity index is 2.01. The second-order valence-corrected chi connectivity index (χ2v) is 6.18. The lowest BCUT2D eigenvalue weighted by atomic mass is 10.2. The maximum atomic E-state index is 12.0. The van der Waals surface area contributed by atoms with Gasteiger partial charge in [0.25, 0.3) is 5.91 Å². The molecule has 0 radical (unpaired) electrons. The van der Waals surface area contributed by atoms with E-state index in [1.807, 2.05) is 24.3 Å². The lowest BCUT2D eigenvalue weighted by molar-refractivity contribution is 0.0955. The standard InChI is InChI=1S/C15H12BrIN2O2/c1-21-14-7-4-11(8-13(14)17)15(20)19-18-9-10-2-5-12(16)6-3-10/h2-9H,1H3,(H,19,20)/b18-9-. The molecule has 0 bridgehead atoms. The number of hydrazone groups is 1. The zero-order chi connectivity index (χ0) is 15.2. The van der Waals surface area contributed by atoms with Gasteiger partial charge in [-0.3, -0.25) is 4.79 Å². The van der Waals surface area contributed by atoms with Crippen molar-refractivity contribution in [3.63, 3.8) is 0 Å². The summed E-state index contributed by atoms with van der Waals surface area (Å²) in [4.78, 5) is 12.0. The summed E-state index contributed by atoms with van der Waals surface area (Å²) in [5.41, 5.74) is 3.94. The number of carbonyl (C=O) groups is 1. The Morgan fingerprint density at radius 2 is 2.00 bits per heavy atom. The van der Waals surface area contributed by atoms with E-state index in [2.05, 4.69) is 49.0 Å². The smallest absolute Gasteiger partial charge is 0.271 e. The molecule has 0 aliphatic rings. The molecule has 0 atom stereocenters. The topological polar surface area (TPSA) is 50.7 Å². The van der Waals surface area contributed by atoms with Crippen LogP contribution >= 0.6 is 38.5 Å². The first-order valence-electron chi connectivity index (χ1n) is 6.02. The van der Waals surface area contributed by atoms with Crippen LogP contribution in [0.15, 0.2) is 52.0 Å². The Labute approximate surface area is 144 Å². The Morgan fingerprint density at radius 1 is 1.29 bits per heavy atom. The van der Waals surface area contributed by atoms with Crippen molar-refractivity contribution in [2.45, 2.75) is 0 Å². The number of hydrogen-bond donors (Lipinski definition) is 1. The van der Waals surface area contributed by atoms with Crippen LogP contribution in [-0.4, -0.2) is 19.2 Å². The maximum absolute atomic E-state index is 12.0. The van der Waals surface area contributed by atoms with Crippen LogP contribution in [0, 0.1) is 3.57 Å². The lowest BCUT2D eigenvalue weighted by Crippen LogP contribution is -2.17. The van der Waals surface area contributed by atoms with E-state index in [9.17, 15) is 4.79 Å². The van der Waals surface area contributed by atoms with Crippen molar-refractivity contribution in [3.05, 3.63) is 61.6 Å². The maximum Gasteiger partial charge on any atom is 0.271 e. The molecule has 0 spiro atoms. The molecular weight excluding hydrogens is 447 g/mol. The SMILES string of the molecule is COc1ccc(C(=O)N/N=C\c2ccc(Br)cc2)cc1I. The second-order valence-electron chi connectivity index (χ2n) is 4.10. The van der Waals surface area contributed by atoms with Gasteiger partial charge in [0, 0.05) is 10.0 Å². The molecule has 0 heterocycles. The summed E-state index contributed by atoms with van der Waals surface area (Å²) < 4.78 is 7.03. The van der Waals surface area contributed by atoms with Gasteiger partial charge in [-0.1, -0.05) is 28.1 Å². The molecule has 2 aromatic rings. The number of benzene rings is 2. The minimum Gasteiger partial charge on any atom is -0.496 e. The first kappa shape index (κ1) is 16.0. The number of nitrogens with zero attached hydrogens (tertiary/aromatic N) is 1. The minimum atomic E-state index is -0.260. The summed E-state index contributed by atoms with van der Waals surface area (Å²) in [5.74, 6) is 0.481. The number of rotatable bonds is 4. The van der Waals surface area contributed by atoms with Crippen LogP contribution < -0.4 is 10.2 Å². The van der Waals surface area contributed by atoms with E-state index in [0.29, 0.717) is 5.56 Å². The summed E-state index contributed by atoms with van der Waals surface area (Å²) >= 11 is 5.48. The zero-order valence-electron chi connectivity index (χ0n) is 11.1. The van der Waals surface area contributed by atoms with Crippen LogP contribution in [0.4, 0.5) is 0 Å². The Kier molecular flexibility index (Phi) is 5.75. The predicted molar refractivity (Wildman–Crippen MR) is 94.9 cm³/mol. The van der Waals surface area contributed by atoms with Crippen molar-refractivity contribution < 1.29 is 9.53 Å². The molecule has 0 fully saturated rings. The van der Waals surface area contributed by atoms with E-state index in [1.54, 1.807) is 31.5 Å². The summed E-state index contributed by atoms with van der Waals surface area (Å²) in [5, 5.41) is 3.95. The number of nitrogens with one attached hydrogen (secondary N) is 1. The third kappa shape index (κ3) is 4.53. The molecule has 108 valence electrons. The van der Waals surface area contributed by atoms with Crippen LogP contribution in [0.3, 0.4) is 0 Å². The number of ether oxygens (including phenoxy) is 1. The first-order valence-corrected chi connectivity index (χ1v) is 7.90. The third-order valence-electron chi connectivity index (χ3n) is 2.66. The highest BCUT2D eigenvalue weighted by molar-refractivity contribution is 14.1. The zero-order valence-corrected chi connectivity index (χ0v) is 14.9. The quantitative estimate of drug-likeness (QED) is 0.430. The Hall–Kier alpha value is -1.41. The summed E-state index contributed by atoms with van der Waals surface area (Å²) in [6, 6.07) is 12.8. The van der Waals surface area contributed by atoms with Gasteiger partial charge in [-0.15, -0.1) is 0 Å². The van der Waals surface area contributed by atoms with Crippen LogP contribution in [0.2, 0.25) is 0 Å². The molecule has 21 heavy (non-hydrogen) atoms. The molecule has 2 rings (SSSR count). The number of methoxy groups -OCH3 is 1. The summed E-state index contributed by atoms with van der Waals surface area (Å²) in [7, 11) is 1.60. The summed E-state index contributed by atoms with van der Waals surface area (Å²) in [6.45, 7) is 0. The molecule has 1 N–H and O–H groups in total. The van der Waals surface area contributed by atoms with Crippen molar-refractivity contribution in [1.29, 1.82) is 0 Å². The van der Waals surface area contributed by atoms with Crippen molar-refractivity contribution in [2.75, 3.05) is 7.11 Å². The van der Waals surface area contributed by atoms with E-state index in [-0.39, 0.29) is 5.91 Å². The molecule has 0 aliphatic carbocycles. The van der Waals surface area contributed by atoms with Crippen LogP contribution in [0.5, 0.6) is 5.75 Å². The third-order valence-corrected chi connectivity index (χ3v) is 4.04. The fourth-order valence-electron chi connectivity index (χ4n) is 1.59. The van der Waals surface area contributed by atoms with Crippen molar-refractivity contribution in [3.8, 4) is 5.75 Å². The van der Waals surface area contributed by atoms with Crippen molar-refractivity contribution in [1.82, 2.24) is 5.43 Å². The fourth-order valence-corrected chi connectivity index (χ4v) is 2.59. The molecule has 6 heteroatoms. The van der Waals surface area contributed by atoms with Gasteiger partial charge in [-0.2, -0.15) is 5.10 Å². The fraction of sp³-hybridized carbons (Fsp3) is 0.0667. The molecular formula is C15H12BrIN2O2. The van der Waals surface area contributed by atoms with Crippen LogP contribution in [0.1, 0.15) is 15.9 Å². The van der Waals surface area contributed by atoms with Gasteiger partial charge in [0.05, 0.1) is 16.9 Å². The molecule has 2 aromatic carbocycles. The van der Waals surface area contributed by atoms with E-state index < -0.39 is 0 Å². The highest BCUT2D eigenvalue weighted by Gasteiger charge is 2.07. The molecule has 0 saturated carbocycles. The number of amides is 1. The van der Waals surface area contributed by atoms with Gasteiger partial charge in [0.2, 0.25) is 0 Å². The lowest BCUT2D eigenvalue weighted by Gasteiger charge is -2.05. The molecule has 0 aliphatic heterocycles. The van der Waals surface area contributed by atoms with Gasteiger partial charge >= 0.3 is 0 Å². The normalized spacial score (nSPS) is 10.6. The van der Waals surface area contributed by atoms with E-state index >= 15 is 0 Å². The molecule has 4 nitrogen and oxygen atoms in total. The van der Waals surface area contributed by atoms with Crippen molar-refractivity contribution in [2.24, 2.45) is 5.10 Å². The van der Waals surface area contributed by atoms with Crippen molar-refractivity contribution >= 4 is 50.6 Å². The Morgan fingerprint density at radius 3 is 2.62 bits per heavy atom. The summed E-state index contributed by atoms with van der Waals surface area (Å²) in [6.07, 6.45) is 1.60. The van der Waals surface area contributed by atoms with Crippen LogP contribution in [0.25, 0.3) is 0 Å². The average molecular weight is 459 g/mol. The van der Waals surface area contributed by atoms with Crippen LogP contribution in [-0.2, 0) is 0 Å².